The van der Waals surface area contributed by atoms with Gasteiger partial charge in [-0.2, -0.15) is 0 Å². The molecule has 0 radical (unpaired) electrons. The van der Waals surface area contributed by atoms with Gasteiger partial charge in [0.25, 0.3) is 5.91 Å². The van der Waals surface area contributed by atoms with Gasteiger partial charge in [0.1, 0.15) is 5.60 Å². The second-order valence-corrected chi connectivity index (χ2v) is 6.47. The summed E-state index contributed by atoms with van der Waals surface area (Å²) in [6, 6.07) is 1.81. The Morgan fingerprint density at radius 1 is 1.35 bits per heavy atom. The normalized spacial score (nSPS) is 14.2. The number of amides is 2. The smallest absolute Gasteiger partial charge is 0.410 e. The number of hydroxylamine groups is 2. The lowest BCUT2D eigenvalue weighted by molar-refractivity contribution is -0.0757. The lowest BCUT2D eigenvalue weighted by Gasteiger charge is -2.30. The van der Waals surface area contributed by atoms with Crippen LogP contribution >= 0.6 is 0 Å². The number of carbonyl (C=O) groups is 2. The highest BCUT2D eigenvalue weighted by molar-refractivity contribution is 5.93. The first-order valence-electron chi connectivity index (χ1n) is 7.49. The van der Waals surface area contributed by atoms with Crippen LogP contribution < -0.4 is 0 Å². The van der Waals surface area contributed by atoms with Crippen molar-refractivity contribution in [2.24, 2.45) is 0 Å². The molecule has 7 nitrogen and oxygen atoms in total. The Bertz CT molecular complexity index is 610. The van der Waals surface area contributed by atoms with E-state index in [0.29, 0.717) is 25.1 Å². The van der Waals surface area contributed by atoms with Gasteiger partial charge in [0, 0.05) is 19.8 Å². The van der Waals surface area contributed by atoms with Crippen molar-refractivity contribution in [2.75, 3.05) is 20.7 Å². The van der Waals surface area contributed by atoms with Crippen LogP contribution in [-0.2, 0) is 22.5 Å². The fourth-order valence-corrected chi connectivity index (χ4v) is 2.28. The van der Waals surface area contributed by atoms with E-state index in [4.69, 9.17) is 9.57 Å². The predicted octanol–water partition coefficient (Wildman–Crippen LogP) is 2.01. The van der Waals surface area contributed by atoms with Crippen molar-refractivity contribution < 1.29 is 19.2 Å². The monoisotopic (exact) mass is 321 g/mol. The first kappa shape index (κ1) is 17.2. The van der Waals surface area contributed by atoms with Gasteiger partial charge in [-0.1, -0.05) is 0 Å². The fourth-order valence-electron chi connectivity index (χ4n) is 2.28. The number of pyridine rings is 1. The number of carbonyl (C=O) groups excluding carboxylic acids is 2. The third-order valence-corrected chi connectivity index (χ3v) is 3.51. The molecule has 7 heteroatoms. The molecule has 0 saturated heterocycles. The van der Waals surface area contributed by atoms with Crippen LogP contribution in [0, 0.1) is 0 Å². The van der Waals surface area contributed by atoms with Crippen LogP contribution in [0.2, 0.25) is 0 Å². The third-order valence-electron chi connectivity index (χ3n) is 3.51. The quantitative estimate of drug-likeness (QED) is 0.779. The molecule has 0 bridgehead atoms. The molecule has 2 rings (SSSR count). The van der Waals surface area contributed by atoms with Gasteiger partial charge >= 0.3 is 6.09 Å². The molecule has 1 aliphatic heterocycles. The molecular formula is C16H23N3O4. The van der Waals surface area contributed by atoms with Crippen LogP contribution in [0.15, 0.2) is 12.3 Å². The minimum Gasteiger partial charge on any atom is -0.444 e. The van der Waals surface area contributed by atoms with Crippen molar-refractivity contribution in [3.05, 3.63) is 29.1 Å². The first-order valence-corrected chi connectivity index (χ1v) is 7.49. The average Bonchev–Trinajstić information content (AvgIpc) is 2.50. The van der Waals surface area contributed by atoms with E-state index >= 15 is 0 Å². The molecule has 1 aromatic rings. The zero-order chi connectivity index (χ0) is 17.2. The summed E-state index contributed by atoms with van der Waals surface area (Å²) in [5.74, 6) is -0.252. The van der Waals surface area contributed by atoms with Crippen molar-refractivity contribution in [3.8, 4) is 0 Å². The van der Waals surface area contributed by atoms with Crippen molar-refractivity contribution in [1.29, 1.82) is 0 Å². The number of ether oxygens (including phenoxy) is 1. The van der Waals surface area contributed by atoms with E-state index in [2.05, 4.69) is 4.98 Å². The second kappa shape index (κ2) is 6.54. The van der Waals surface area contributed by atoms with Crippen molar-refractivity contribution >= 4 is 12.0 Å². The number of nitrogens with zero attached hydrogens (tertiary/aromatic N) is 3. The maximum absolute atomic E-state index is 12.1. The molecule has 126 valence electrons. The number of rotatable bonds is 2. The highest BCUT2D eigenvalue weighted by Crippen LogP contribution is 2.21. The Morgan fingerprint density at radius 2 is 2.04 bits per heavy atom. The maximum atomic E-state index is 12.1. The molecule has 0 aromatic carbocycles. The van der Waals surface area contributed by atoms with E-state index in [1.54, 1.807) is 11.9 Å². The molecule has 0 fully saturated rings. The van der Waals surface area contributed by atoms with Gasteiger partial charge in [-0.25, -0.2) is 9.86 Å². The van der Waals surface area contributed by atoms with Crippen molar-refractivity contribution in [2.45, 2.75) is 39.3 Å². The van der Waals surface area contributed by atoms with E-state index < -0.39 is 5.60 Å². The lowest BCUT2D eigenvalue weighted by Crippen LogP contribution is -2.40. The highest BCUT2D eigenvalue weighted by Gasteiger charge is 2.27. The molecule has 0 atom stereocenters. The average molecular weight is 321 g/mol. The summed E-state index contributed by atoms with van der Waals surface area (Å²) < 4.78 is 5.38. The Kier molecular flexibility index (Phi) is 4.89. The SMILES string of the molecule is CON(C)C(=O)c1cnc2c(c1)CCN(C(=O)OC(C)(C)C)C2. The predicted molar refractivity (Wildman–Crippen MR) is 83.7 cm³/mol. The molecule has 0 spiro atoms. The Hall–Kier alpha value is -2.15. The minimum absolute atomic E-state index is 0.252. The molecule has 0 saturated carbocycles. The number of hydrogen-bond donors (Lipinski definition) is 0. The molecule has 0 N–H and O–H groups in total. The van der Waals surface area contributed by atoms with Gasteiger partial charge in [-0.15, -0.1) is 0 Å². The summed E-state index contributed by atoms with van der Waals surface area (Å²) in [4.78, 5) is 35.0. The van der Waals surface area contributed by atoms with Gasteiger partial charge in [0.15, 0.2) is 0 Å². The van der Waals surface area contributed by atoms with Crippen LogP contribution in [0.4, 0.5) is 4.79 Å². The van der Waals surface area contributed by atoms with Gasteiger partial charge in [-0.3, -0.25) is 14.6 Å². The number of hydrogen-bond acceptors (Lipinski definition) is 5. The first-order chi connectivity index (χ1) is 10.7. The molecule has 2 heterocycles. The van der Waals surface area contributed by atoms with Crippen LogP contribution in [-0.4, -0.2) is 53.3 Å². The number of fused-ring (bicyclic) bond motifs is 1. The van der Waals surface area contributed by atoms with E-state index in [0.717, 1.165) is 16.3 Å². The van der Waals surface area contributed by atoms with E-state index in [1.165, 1.54) is 13.3 Å². The fraction of sp³-hybridized carbons (Fsp3) is 0.562. The highest BCUT2D eigenvalue weighted by atomic mass is 16.7. The summed E-state index contributed by atoms with van der Waals surface area (Å²) in [6.45, 7) is 6.45. The molecule has 2 amide bonds. The van der Waals surface area contributed by atoms with Gasteiger partial charge in [0.2, 0.25) is 0 Å². The van der Waals surface area contributed by atoms with Crippen LogP contribution in [0.1, 0.15) is 42.4 Å². The van der Waals surface area contributed by atoms with Gasteiger partial charge in [0.05, 0.1) is 24.9 Å². The summed E-state index contributed by atoms with van der Waals surface area (Å²) >= 11 is 0. The van der Waals surface area contributed by atoms with Crippen molar-refractivity contribution in [3.63, 3.8) is 0 Å². The minimum atomic E-state index is -0.522. The summed E-state index contributed by atoms with van der Waals surface area (Å²) in [5, 5.41) is 1.15. The number of aromatic nitrogens is 1. The zero-order valence-corrected chi connectivity index (χ0v) is 14.3. The second-order valence-electron chi connectivity index (χ2n) is 6.47. The summed E-state index contributed by atoms with van der Waals surface area (Å²) in [7, 11) is 2.98. The Balaban J connectivity index is 2.11. The van der Waals surface area contributed by atoms with E-state index in [-0.39, 0.29) is 12.0 Å². The van der Waals surface area contributed by atoms with Crippen LogP contribution in [0.3, 0.4) is 0 Å². The zero-order valence-electron chi connectivity index (χ0n) is 14.3. The molecular weight excluding hydrogens is 298 g/mol. The topological polar surface area (TPSA) is 72.0 Å². The molecule has 23 heavy (non-hydrogen) atoms. The Morgan fingerprint density at radius 3 is 2.65 bits per heavy atom. The van der Waals surface area contributed by atoms with Gasteiger partial charge < -0.3 is 9.64 Å². The lowest BCUT2D eigenvalue weighted by atomic mass is 10.0. The van der Waals surface area contributed by atoms with Crippen LogP contribution in [0.25, 0.3) is 0 Å². The summed E-state index contributed by atoms with van der Waals surface area (Å²) in [6.07, 6.45) is 1.80. The van der Waals surface area contributed by atoms with E-state index in [1.807, 2.05) is 26.8 Å². The van der Waals surface area contributed by atoms with Crippen molar-refractivity contribution in [1.82, 2.24) is 14.9 Å². The largest absolute Gasteiger partial charge is 0.444 e. The third kappa shape index (κ3) is 4.19. The van der Waals surface area contributed by atoms with Crippen LogP contribution in [0.5, 0.6) is 0 Å². The molecule has 1 aliphatic rings. The van der Waals surface area contributed by atoms with Gasteiger partial charge in [-0.05, 0) is 38.8 Å². The standard InChI is InChI=1S/C16H23N3O4/c1-16(2,3)23-15(21)19-7-6-11-8-12(9-17-13(11)10-19)14(20)18(4)22-5/h8-9H,6-7,10H2,1-5H3. The van der Waals surface area contributed by atoms with E-state index in [9.17, 15) is 9.59 Å². The Labute approximate surface area is 136 Å². The molecule has 0 unspecified atom stereocenters. The molecule has 0 aliphatic carbocycles. The summed E-state index contributed by atoms with van der Waals surface area (Å²) in [5.41, 5.74) is 1.71. The molecule has 1 aromatic heterocycles. The maximum Gasteiger partial charge on any atom is 0.410 e.